The minimum absolute atomic E-state index is 0.00104. The molecule has 3 rings (SSSR count). The zero-order valence-corrected chi connectivity index (χ0v) is 16.4. The van der Waals surface area contributed by atoms with E-state index >= 15 is 0 Å². The van der Waals surface area contributed by atoms with Crippen molar-refractivity contribution in [3.63, 3.8) is 0 Å². The summed E-state index contributed by atoms with van der Waals surface area (Å²) in [6.45, 7) is 7.62. The van der Waals surface area contributed by atoms with Gasteiger partial charge in [0.1, 0.15) is 5.75 Å². The third-order valence-electron chi connectivity index (χ3n) is 4.82. The Kier molecular flexibility index (Phi) is 5.32. The van der Waals surface area contributed by atoms with E-state index in [0.717, 1.165) is 5.01 Å². The summed E-state index contributed by atoms with van der Waals surface area (Å²) in [4.78, 5) is 11.9. The Bertz CT molecular complexity index is 872. The lowest BCUT2D eigenvalue weighted by atomic mass is 9.93. The summed E-state index contributed by atoms with van der Waals surface area (Å²) in [5, 5.41) is 2.12. The van der Waals surface area contributed by atoms with Gasteiger partial charge < -0.3 is 4.74 Å². The molecule has 28 heavy (non-hydrogen) atoms. The number of fused-ring (bicyclic) bond motifs is 1. The molecule has 1 heterocycles. The summed E-state index contributed by atoms with van der Waals surface area (Å²) in [6, 6.07) is 8.07. The van der Waals surface area contributed by atoms with Crippen LogP contribution < -0.4 is 10.2 Å². The number of amides is 1. The van der Waals surface area contributed by atoms with Gasteiger partial charge in [-0.05, 0) is 36.8 Å². The van der Waals surface area contributed by atoms with Crippen LogP contribution in [-0.2, 0) is 4.79 Å². The van der Waals surface area contributed by atoms with Crippen molar-refractivity contribution in [3.8, 4) is 5.75 Å². The predicted octanol–water partition coefficient (Wildman–Crippen LogP) is 4.99. The number of nitrogens with one attached hydrogen (secondary N) is 1. The Morgan fingerprint density at radius 3 is 2.36 bits per heavy atom. The normalized spacial score (nSPS) is 18.5. The van der Waals surface area contributed by atoms with Gasteiger partial charge in [0.2, 0.25) is 5.91 Å². The molecule has 0 aromatic heterocycles. The maximum atomic E-state index is 14.3. The quantitative estimate of drug-likeness (QED) is 0.777. The first-order chi connectivity index (χ1) is 13.0. The summed E-state index contributed by atoms with van der Waals surface area (Å²) in [7, 11) is 0. The largest absolute Gasteiger partial charge is 0.493 e. The van der Waals surface area contributed by atoms with Crippen LogP contribution in [0.2, 0.25) is 0 Å². The number of carbonyl (C=O) groups excluding carboxylic acids is 1. The number of hydrogen-bond acceptors (Lipinski definition) is 3. The molecule has 0 radical (unpaired) electrons. The van der Waals surface area contributed by atoms with Crippen molar-refractivity contribution in [2.75, 3.05) is 6.61 Å². The molecule has 1 atom stereocenters. The lowest BCUT2D eigenvalue weighted by Crippen LogP contribution is -2.51. The molecule has 1 amide bonds. The maximum absolute atomic E-state index is 14.3. The second-order valence-corrected chi connectivity index (χ2v) is 8.24. The summed E-state index contributed by atoms with van der Waals surface area (Å²) in [5.41, 5.74) is 1.51. The van der Waals surface area contributed by atoms with Crippen molar-refractivity contribution in [3.05, 3.63) is 42.0 Å². The van der Waals surface area contributed by atoms with Gasteiger partial charge in [-0.15, -0.1) is 0 Å². The molecule has 1 N–H and O–H groups in total. The minimum Gasteiger partial charge on any atom is -0.493 e. The number of benzene rings is 2. The summed E-state index contributed by atoms with van der Waals surface area (Å²) < 4.78 is 48.7. The van der Waals surface area contributed by atoms with Crippen molar-refractivity contribution in [1.29, 1.82) is 0 Å². The fourth-order valence-electron chi connectivity index (χ4n) is 3.62. The fourth-order valence-corrected chi connectivity index (χ4v) is 3.62. The van der Waals surface area contributed by atoms with Crippen molar-refractivity contribution < 1.29 is 22.7 Å². The Hall–Kier alpha value is -2.28. The summed E-state index contributed by atoms with van der Waals surface area (Å²) in [5.74, 6) is 0.229. The molecule has 2 aromatic carbocycles. The zero-order chi connectivity index (χ0) is 20.7. The van der Waals surface area contributed by atoms with E-state index in [4.69, 9.17) is 4.74 Å². The smallest absolute Gasteiger partial charge is 0.409 e. The molecule has 0 spiro atoms. The highest BCUT2D eigenvalue weighted by atomic mass is 19.4. The van der Waals surface area contributed by atoms with Crippen LogP contribution in [0.3, 0.4) is 0 Å². The van der Waals surface area contributed by atoms with Gasteiger partial charge in [0.25, 0.3) is 0 Å². The van der Waals surface area contributed by atoms with Gasteiger partial charge in [-0.25, -0.2) is 0 Å². The SMILES string of the molecule is CC(C)COc1cccc2cccc([C@H](N3NC(=O)CC3(C)C)C(F)(F)F)c12. The molecule has 0 aliphatic carbocycles. The van der Waals surface area contributed by atoms with E-state index in [2.05, 4.69) is 5.43 Å². The van der Waals surface area contributed by atoms with E-state index in [0.29, 0.717) is 23.1 Å². The molecule has 1 aliphatic rings. The number of halogens is 3. The first kappa shape index (κ1) is 20.5. The Morgan fingerprint density at radius 1 is 1.18 bits per heavy atom. The van der Waals surface area contributed by atoms with Crippen LogP contribution >= 0.6 is 0 Å². The second-order valence-electron chi connectivity index (χ2n) is 8.24. The number of alkyl halides is 3. The topological polar surface area (TPSA) is 41.6 Å². The van der Waals surface area contributed by atoms with Gasteiger partial charge in [0.15, 0.2) is 6.04 Å². The van der Waals surface area contributed by atoms with Gasteiger partial charge in [0.05, 0.1) is 6.61 Å². The third-order valence-corrected chi connectivity index (χ3v) is 4.82. The van der Waals surface area contributed by atoms with Crippen LogP contribution in [0.5, 0.6) is 5.75 Å². The van der Waals surface area contributed by atoms with E-state index < -0.39 is 23.7 Å². The van der Waals surface area contributed by atoms with Gasteiger partial charge in [-0.1, -0.05) is 44.2 Å². The molecule has 1 saturated heterocycles. The second kappa shape index (κ2) is 7.28. The number of carbonyl (C=O) groups is 1. The molecular weight excluding hydrogens is 369 g/mol. The van der Waals surface area contributed by atoms with Gasteiger partial charge in [0, 0.05) is 17.3 Å². The van der Waals surface area contributed by atoms with Gasteiger partial charge >= 0.3 is 6.18 Å². The maximum Gasteiger partial charge on any atom is 0.409 e. The number of nitrogens with zero attached hydrogens (tertiary/aromatic N) is 1. The molecule has 4 nitrogen and oxygen atoms in total. The number of hydrogen-bond donors (Lipinski definition) is 1. The highest BCUT2D eigenvalue weighted by Gasteiger charge is 2.53. The highest BCUT2D eigenvalue weighted by molar-refractivity contribution is 5.92. The Labute approximate surface area is 162 Å². The average molecular weight is 394 g/mol. The number of hydrazine groups is 1. The number of rotatable bonds is 5. The number of ether oxygens (including phenoxy) is 1. The molecule has 1 aliphatic heterocycles. The van der Waals surface area contributed by atoms with Crippen molar-refractivity contribution in [1.82, 2.24) is 10.4 Å². The first-order valence-corrected chi connectivity index (χ1v) is 9.30. The van der Waals surface area contributed by atoms with Crippen LogP contribution in [0.1, 0.15) is 45.7 Å². The van der Waals surface area contributed by atoms with E-state index in [9.17, 15) is 18.0 Å². The fraction of sp³-hybridized carbons (Fsp3) is 0.476. The monoisotopic (exact) mass is 394 g/mol. The zero-order valence-electron chi connectivity index (χ0n) is 16.4. The molecule has 0 unspecified atom stereocenters. The van der Waals surface area contributed by atoms with E-state index in [1.807, 2.05) is 13.8 Å². The molecule has 152 valence electrons. The molecule has 0 saturated carbocycles. The van der Waals surface area contributed by atoms with Crippen molar-refractivity contribution in [2.45, 2.75) is 51.9 Å². The molecular formula is C21H25F3N2O2. The standard InChI is InChI=1S/C21H25F3N2O2/c1-13(2)12-28-16-10-6-8-14-7-5-9-15(18(14)16)19(21(22,23)24)26-20(3,4)11-17(27)25-26/h5-10,13,19H,11-12H2,1-4H3,(H,25,27)/t19-/m0/s1. The van der Waals surface area contributed by atoms with E-state index in [1.165, 1.54) is 6.07 Å². The molecule has 7 heteroatoms. The van der Waals surface area contributed by atoms with Crippen molar-refractivity contribution in [2.24, 2.45) is 5.92 Å². The summed E-state index contributed by atoms with van der Waals surface area (Å²) in [6.07, 6.45) is -4.59. The minimum atomic E-state index is -4.59. The Morgan fingerprint density at radius 2 is 1.82 bits per heavy atom. The lowest BCUT2D eigenvalue weighted by Gasteiger charge is -2.38. The average Bonchev–Trinajstić information content (AvgIpc) is 2.84. The van der Waals surface area contributed by atoms with Gasteiger partial charge in [-0.2, -0.15) is 18.2 Å². The predicted molar refractivity (Wildman–Crippen MR) is 102 cm³/mol. The first-order valence-electron chi connectivity index (χ1n) is 9.30. The lowest BCUT2D eigenvalue weighted by molar-refractivity contribution is -0.203. The van der Waals surface area contributed by atoms with Crippen LogP contribution in [0.15, 0.2) is 36.4 Å². The molecule has 1 fully saturated rings. The van der Waals surface area contributed by atoms with E-state index in [1.54, 1.807) is 44.2 Å². The highest BCUT2D eigenvalue weighted by Crippen LogP contribution is 2.46. The molecule has 2 aromatic rings. The Balaban J connectivity index is 2.19. The van der Waals surface area contributed by atoms with Gasteiger partial charge in [-0.3, -0.25) is 10.2 Å². The van der Waals surface area contributed by atoms with Crippen LogP contribution in [0, 0.1) is 5.92 Å². The van der Waals surface area contributed by atoms with Crippen LogP contribution in [0.25, 0.3) is 10.8 Å². The molecule has 0 bridgehead atoms. The van der Waals surface area contributed by atoms with E-state index in [-0.39, 0.29) is 17.9 Å². The van der Waals surface area contributed by atoms with Crippen LogP contribution in [0.4, 0.5) is 13.2 Å². The van der Waals surface area contributed by atoms with Crippen LogP contribution in [-0.4, -0.2) is 29.2 Å². The third kappa shape index (κ3) is 3.94. The summed E-state index contributed by atoms with van der Waals surface area (Å²) >= 11 is 0. The van der Waals surface area contributed by atoms with Crippen molar-refractivity contribution >= 4 is 16.7 Å².